The molecule has 0 aliphatic heterocycles. The van der Waals surface area contributed by atoms with Crippen LogP contribution in [0.3, 0.4) is 0 Å². The van der Waals surface area contributed by atoms with Gasteiger partial charge >= 0.3 is 5.97 Å². The average molecular weight is 278 g/mol. The van der Waals surface area contributed by atoms with Crippen molar-refractivity contribution < 1.29 is 9.53 Å². The highest BCUT2D eigenvalue weighted by Gasteiger charge is 2.14. The van der Waals surface area contributed by atoms with Crippen LogP contribution >= 0.6 is 27.5 Å². The summed E-state index contributed by atoms with van der Waals surface area (Å²) in [6, 6.07) is 3.53. The topological polar surface area (TPSA) is 26.3 Å². The van der Waals surface area contributed by atoms with Crippen molar-refractivity contribution in [2.75, 3.05) is 7.11 Å². The van der Waals surface area contributed by atoms with Crippen LogP contribution in [-0.2, 0) is 10.1 Å². The minimum absolute atomic E-state index is 0.360. The zero-order valence-electron chi connectivity index (χ0n) is 7.93. The molecule has 2 nitrogen and oxygen atoms in total. The Morgan fingerprint density at radius 2 is 2.21 bits per heavy atom. The normalized spacial score (nSPS) is 10.0. The summed E-state index contributed by atoms with van der Waals surface area (Å²) in [5.41, 5.74) is 2.24. The molecule has 0 spiro atoms. The van der Waals surface area contributed by atoms with Gasteiger partial charge in [0, 0.05) is 10.4 Å². The number of alkyl halides is 1. The summed E-state index contributed by atoms with van der Waals surface area (Å²) in [6.45, 7) is 1.90. The van der Waals surface area contributed by atoms with Crippen LogP contribution in [0.4, 0.5) is 0 Å². The molecule has 0 unspecified atom stereocenters. The smallest absolute Gasteiger partial charge is 0.338 e. The second-order valence-corrected chi connectivity index (χ2v) is 3.79. The molecule has 0 atom stereocenters. The number of halogens is 2. The third kappa shape index (κ3) is 2.10. The molecule has 1 rings (SSSR count). The van der Waals surface area contributed by atoms with Gasteiger partial charge in [-0.25, -0.2) is 4.79 Å². The van der Waals surface area contributed by atoms with E-state index in [0.29, 0.717) is 15.9 Å². The average Bonchev–Trinajstić information content (AvgIpc) is 2.20. The quantitative estimate of drug-likeness (QED) is 0.612. The van der Waals surface area contributed by atoms with Crippen molar-refractivity contribution in [1.82, 2.24) is 0 Å². The molecule has 4 heteroatoms. The van der Waals surface area contributed by atoms with Crippen LogP contribution in [0.15, 0.2) is 12.1 Å². The second kappa shape index (κ2) is 4.80. The van der Waals surface area contributed by atoms with Crippen molar-refractivity contribution in [2.24, 2.45) is 0 Å². The van der Waals surface area contributed by atoms with Gasteiger partial charge in [-0.15, -0.1) is 0 Å². The molecular weight excluding hydrogens is 267 g/mol. The summed E-state index contributed by atoms with van der Waals surface area (Å²) in [7, 11) is 1.36. The maximum Gasteiger partial charge on any atom is 0.338 e. The Hall–Kier alpha value is -0.540. The fourth-order valence-corrected chi connectivity index (χ4v) is 2.15. The summed E-state index contributed by atoms with van der Waals surface area (Å²) in [5.74, 6) is -0.360. The van der Waals surface area contributed by atoms with E-state index in [0.717, 1.165) is 11.1 Å². The van der Waals surface area contributed by atoms with E-state index in [1.807, 2.05) is 6.92 Å². The molecule has 0 fully saturated rings. The van der Waals surface area contributed by atoms with Gasteiger partial charge in [-0.3, -0.25) is 0 Å². The molecule has 0 amide bonds. The molecule has 0 N–H and O–H groups in total. The highest BCUT2D eigenvalue weighted by Crippen LogP contribution is 2.26. The molecule has 0 aliphatic carbocycles. The van der Waals surface area contributed by atoms with E-state index in [1.165, 1.54) is 7.11 Å². The van der Waals surface area contributed by atoms with Gasteiger partial charge in [-0.05, 0) is 24.1 Å². The number of benzene rings is 1. The van der Waals surface area contributed by atoms with Crippen LogP contribution < -0.4 is 0 Å². The number of aryl methyl sites for hydroxylation is 1. The third-order valence-electron chi connectivity index (χ3n) is 1.98. The summed E-state index contributed by atoms with van der Waals surface area (Å²) in [5, 5.41) is 1.16. The Morgan fingerprint density at radius 3 is 2.71 bits per heavy atom. The Bertz CT molecular complexity index is 363. The second-order valence-electron chi connectivity index (χ2n) is 2.85. The lowest BCUT2D eigenvalue weighted by Crippen LogP contribution is -2.05. The number of carbonyl (C=O) groups is 1. The SMILES string of the molecule is COC(=O)c1ccc(C)c(Cl)c1CBr. The number of ether oxygens (including phenoxy) is 1. The summed E-state index contributed by atoms with van der Waals surface area (Å²) < 4.78 is 4.66. The van der Waals surface area contributed by atoms with Gasteiger partial charge in [0.2, 0.25) is 0 Å². The Morgan fingerprint density at radius 1 is 1.57 bits per heavy atom. The lowest BCUT2D eigenvalue weighted by atomic mass is 10.1. The zero-order valence-corrected chi connectivity index (χ0v) is 10.3. The first-order valence-electron chi connectivity index (χ1n) is 4.04. The Balaban J connectivity index is 3.31. The summed E-state index contributed by atoms with van der Waals surface area (Å²) >= 11 is 9.36. The lowest BCUT2D eigenvalue weighted by Gasteiger charge is -2.09. The molecule has 0 saturated heterocycles. The molecule has 1 aromatic carbocycles. The van der Waals surface area contributed by atoms with Crippen LogP contribution in [0.25, 0.3) is 0 Å². The lowest BCUT2D eigenvalue weighted by molar-refractivity contribution is 0.0600. The third-order valence-corrected chi connectivity index (χ3v) is 3.06. The number of hydrogen-bond donors (Lipinski definition) is 0. The van der Waals surface area contributed by atoms with Gasteiger partial charge in [-0.2, -0.15) is 0 Å². The van der Waals surface area contributed by atoms with Crippen LogP contribution in [0, 0.1) is 6.92 Å². The van der Waals surface area contributed by atoms with E-state index in [4.69, 9.17) is 11.6 Å². The van der Waals surface area contributed by atoms with Gasteiger partial charge in [0.25, 0.3) is 0 Å². The van der Waals surface area contributed by atoms with Gasteiger partial charge in [0.05, 0.1) is 12.7 Å². The van der Waals surface area contributed by atoms with E-state index >= 15 is 0 Å². The molecule has 14 heavy (non-hydrogen) atoms. The van der Waals surface area contributed by atoms with Crippen LogP contribution in [0.5, 0.6) is 0 Å². The molecule has 0 heterocycles. The highest BCUT2D eigenvalue weighted by atomic mass is 79.9. The fourth-order valence-electron chi connectivity index (χ4n) is 1.17. The minimum atomic E-state index is -0.360. The standard InChI is InChI=1S/C10H10BrClO2/c1-6-3-4-7(10(13)14-2)8(5-11)9(6)12/h3-4H,5H2,1-2H3. The van der Waals surface area contributed by atoms with E-state index in [1.54, 1.807) is 12.1 Å². The van der Waals surface area contributed by atoms with Crippen molar-refractivity contribution >= 4 is 33.5 Å². The first-order chi connectivity index (χ1) is 6.61. The number of carbonyl (C=O) groups excluding carboxylic acids is 1. The fraction of sp³-hybridized carbons (Fsp3) is 0.300. The van der Waals surface area contributed by atoms with E-state index in [-0.39, 0.29) is 5.97 Å². The van der Waals surface area contributed by atoms with Crippen LogP contribution in [-0.4, -0.2) is 13.1 Å². The summed E-state index contributed by atoms with van der Waals surface area (Å²) in [4.78, 5) is 11.4. The highest BCUT2D eigenvalue weighted by molar-refractivity contribution is 9.08. The largest absolute Gasteiger partial charge is 0.465 e. The van der Waals surface area contributed by atoms with E-state index in [9.17, 15) is 4.79 Å². The molecular formula is C10H10BrClO2. The maximum atomic E-state index is 11.4. The Kier molecular flexibility index (Phi) is 3.96. The maximum absolute atomic E-state index is 11.4. The van der Waals surface area contributed by atoms with Gasteiger partial charge < -0.3 is 4.74 Å². The summed E-state index contributed by atoms with van der Waals surface area (Å²) in [6.07, 6.45) is 0. The van der Waals surface area contributed by atoms with Gasteiger partial charge in [0.15, 0.2) is 0 Å². The first kappa shape index (κ1) is 11.5. The number of methoxy groups -OCH3 is 1. The number of hydrogen-bond acceptors (Lipinski definition) is 2. The van der Waals surface area contributed by atoms with Gasteiger partial charge in [-0.1, -0.05) is 33.6 Å². The van der Waals surface area contributed by atoms with Crippen molar-refractivity contribution in [2.45, 2.75) is 12.3 Å². The van der Waals surface area contributed by atoms with E-state index < -0.39 is 0 Å². The van der Waals surface area contributed by atoms with Crippen molar-refractivity contribution in [3.63, 3.8) is 0 Å². The van der Waals surface area contributed by atoms with E-state index in [2.05, 4.69) is 20.7 Å². The predicted octanol–water partition coefficient (Wildman–Crippen LogP) is 3.33. The van der Waals surface area contributed by atoms with Crippen molar-refractivity contribution in [3.05, 3.63) is 33.8 Å². The molecule has 0 bridgehead atoms. The number of esters is 1. The Labute approximate surface area is 96.3 Å². The van der Waals surface area contributed by atoms with Crippen molar-refractivity contribution in [3.8, 4) is 0 Å². The zero-order chi connectivity index (χ0) is 10.7. The van der Waals surface area contributed by atoms with Crippen molar-refractivity contribution in [1.29, 1.82) is 0 Å². The number of rotatable bonds is 2. The molecule has 0 saturated carbocycles. The van der Waals surface area contributed by atoms with Crippen LogP contribution in [0.1, 0.15) is 21.5 Å². The predicted molar refractivity (Wildman–Crippen MR) is 60.2 cm³/mol. The first-order valence-corrected chi connectivity index (χ1v) is 5.54. The molecule has 0 aromatic heterocycles. The molecule has 1 aromatic rings. The minimum Gasteiger partial charge on any atom is -0.465 e. The monoisotopic (exact) mass is 276 g/mol. The molecule has 0 aliphatic rings. The molecule has 0 radical (unpaired) electrons. The van der Waals surface area contributed by atoms with Crippen LogP contribution in [0.2, 0.25) is 5.02 Å². The molecule has 76 valence electrons. The van der Waals surface area contributed by atoms with Gasteiger partial charge in [0.1, 0.15) is 0 Å².